The Morgan fingerprint density at radius 2 is 1.52 bits per heavy atom. The summed E-state index contributed by atoms with van der Waals surface area (Å²) in [6.45, 7) is 10.2. The highest BCUT2D eigenvalue weighted by molar-refractivity contribution is 6.13. The van der Waals surface area contributed by atoms with Crippen LogP contribution in [-0.4, -0.2) is 43.6 Å². The average Bonchev–Trinajstić information content (AvgIpc) is 3.02. The lowest BCUT2D eigenvalue weighted by Crippen LogP contribution is -2.44. The molecule has 164 valence electrons. The molecule has 0 saturated carbocycles. The van der Waals surface area contributed by atoms with Gasteiger partial charge in [-0.25, -0.2) is 19.6 Å². The second-order valence-electron chi connectivity index (χ2n) is 8.92. The van der Waals surface area contributed by atoms with Crippen LogP contribution in [0.15, 0.2) is 30.5 Å². The van der Waals surface area contributed by atoms with E-state index in [9.17, 15) is 9.59 Å². The van der Waals surface area contributed by atoms with Crippen LogP contribution in [0.25, 0.3) is 22.4 Å². The van der Waals surface area contributed by atoms with Crippen LogP contribution in [0.4, 0.5) is 21.1 Å². The van der Waals surface area contributed by atoms with E-state index in [2.05, 4.69) is 20.2 Å². The normalized spacial score (nSPS) is 11.9. The second kappa shape index (κ2) is 7.86. The van der Waals surface area contributed by atoms with Gasteiger partial charge < -0.3 is 15.2 Å². The van der Waals surface area contributed by atoms with Gasteiger partial charge in [0, 0.05) is 17.4 Å². The Morgan fingerprint density at radius 1 is 0.968 bits per heavy atom. The number of nitrogens with two attached hydrogens (primary N) is 1. The monoisotopic (exact) mass is 426 g/mol. The smallest absolute Gasteiger partial charge is 0.425 e. The van der Waals surface area contributed by atoms with Gasteiger partial charge in [-0.15, -0.1) is 0 Å². The van der Waals surface area contributed by atoms with Gasteiger partial charge >= 0.3 is 12.2 Å². The minimum absolute atomic E-state index is 0.0117. The fourth-order valence-electron chi connectivity index (χ4n) is 2.60. The molecule has 0 aliphatic heterocycles. The first kappa shape index (κ1) is 22.0. The molecule has 0 unspecified atom stereocenters. The van der Waals surface area contributed by atoms with E-state index in [-0.39, 0.29) is 5.82 Å². The Balaban J connectivity index is 2.03. The van der Waals surface area contributed by atoms with Gasteiger partial charge in [0.15, 0.2) is 17.3 Å². The van der Waals surface area contributed by atoms with E-state index in [0.717, 1.165) is 10.5 Å². The molecule has 2 amide bonds. The first-order chi connectivity index (χ1) is 14.3. The minimum Gasteiger partial charge on any atom is -0.443 e. The molecule has 3 aromatic rings. The predicted molar refractivity (Wildman–Crippen MR) is 116 cm³/mol. The topological polar surface area (TPSA) is 136 Å². The molecule has 0 bridgehead atoms. The molecule has 2 heterocycles. The largest absolute Gasteiger partial charge is 0.443 e. The van der Waals surface area contributed by atoms with E-state index in [1.807, 2.05) is 0 Å². The Labute approximate surface area is 179 Å². The molecule has 31 heavy (non-hydrogen) atoms. The number of imide groups is 1. The Bertz CT molecular complexity index is 1080. The molecule has 0 saturated heterocycles. The summed E-state index contributed by atoms with van der Waals surface area (Å²) in [5.74, 6) is 0.422. The number of benzene rings is 1. The second-order valence-corrected chi connectivity index (χ2v) is 8.92. The van der Waals surface area contributed by atoms with Crippen LogP contribution in [0.5, 0.6) is 0 Å². The number of anilines is 2. The zero-order valence-electron chi connectivity index (χ0n) is 18.4. The molecular weight excluding hydrogens is 400 g/mol. The van der Waals surface area contributed by atoms with E-state index in [1.54, 1.807) is 65.8 Å². The fraction of sp³-hybridized carbons (Fsp3) is 0.381. The zero-order valence-corrected chi connectivity index (χ0v) is 18.4. The molecule has 10 nitrogen and oxygen atoms in total. The van der Waals surface area contributed by atoms with Crippen LogP contribution in [0.1, 0.15) is 41.5 Å². The van der Waals surface area contributed by atoms with Crippen LogP contribution < -0.4 is 10.6 Å². The number of aromatic amines is 1. The number of ether oxygens (including phenoxy) is 2. The number of fused-ring (bicyclic) bond motifs is 1. The molecule has 0 atom stereocenters. The summed E-state index contributed by atoms with van der Waals surface area (Å²) < 4.78 is 10.8. The van der Waals surface area contributed by atoms with Gasteiger partial charge in [-0.05, 0) is 65.8 Å². The highest BCUT2D eigenvalue weighted by Crippen LogP contribution is 2.28. The zero-order chi connectivity index (χ0) is 23.0. The predicted octanol–water partition coefficient (Wildman–Crippen LogP) is 4.28. The number of nitrogen functional groups attached to an aromatic ring is 1. The van der Waals surface area contributed by atoms with Gasteiger partial charge in [0.05, 0.1) is 5.39 Å². The quantitative estimate of drug-likeness (QED) is 0.579. The highest BCUT2D eigenvalue weighted by atomic mass is 16.6. The maximum absolute atomic E-state index is 12.8. The molecule has 0 aliphatic rings. The SMILES string of the molecule is CC(C)(C)OC(=O)N(C(=O)OC(C)(C)C)c1n[nH]c2nc(-c3ccc(N)cc3)ncc12. The molecule has 0 spiro atoms. The number of rotatable bonds is 2. The Morgan fingerprint density at radius 3 is 2.03 bits per heavy atom. The van der Waals surface area contributed by atoms with Crippen molar-refractivity contribution in [3.8, 4) is 11.4 Å². The van der Waals surface area contributed by atoms with Crippen molar-refractivity contribution in [3.05, 3.63) is 30.5 Å². The van der Waals surface area contributed by atoms with Gasteiger partial charge in [0.2, 0.25) is 0 Å². The fourth-order valence-corrected chi connectivity index (χ4v) is 2.60. The van der Waals surface area contributed by atoms with Crippen LogP contribution in [0.2, 0.25) is 0 Å². The van der Waals surface area contributed by atoms with E-state index in [0.29, 0.717) is 22.5 Å². The third-order valence-corrected chi connectivity index (χ3v) is 3.83. The Hall–Kier alpha value is -3.69. The standard InChI is InChI=1S/C21H26N6O4/c1-20(2,3)30-18(28)27(19(29)31-21(4,5)6)17-14-11-23-15(24-16(14)25-26-17)12-7-9-13(22)10-8-12/h7-11H,22H2,1-6H3,(H,23,24,25,26). The Kier molecular flexibility index (Phi) is 5.58. The number of carbonyl (C=O) groups excluding carboxylic acids is 2. The van der Waals surface area contributed by atoms with E-state index < -0.39 is 23.4 Å². The molecular formula is C21H26N6O4. The van der Waals surface area contributed by atoms with Gasteiger partial charge in [0.1, 0.15) is 11.2 Å². The number of nitrogens with one attached hydrogen (secondary N) is 1. The summed E-state index contributed by atoms with van der Waals surface area (Å²) in [7, 11) is 0. The van der Waals surface area contributed by atoms with Crippen LogP contribution in [-0.2, 0) is 9.47 Å². The maximum atomic E-state index is 12.8. The molecule has 1 aromatic carbocycles. The summed E-state index contributed by atoms with van der Waals surface area (Å²) in [6.07, 6.45) is -0.357. The number of carbonyl (C=O) groups is 2. The molecule has 3 N–H and O–H groups in total. The van der Waals surface area contributed by atoms with Crippen LogP contribution >= 0.6 is 0 Å². The third-order valence-electron chi connectivity index (χ3n) is 3.83. The van der Waals surface area contributed by atoms with Crippen molar-refractivity contribution in [2.45, 2.75) is 52.7 Å². The lowest BCUT2D eigenvalue weighted by atomic mass is 10.2. The number of hydrogen-bond acceptors (Lipinski definition) is 8. The van der Waals surface area contributed by atoms with Crippen molar-refractivity contribution in [2.24, 2.45) is 0 Å². The first-order valence-electron chi connectivity index (χ1n) is 9.67. The first-order valence-corrected chi connectivity index (χ1v) is 9.67. The van der Waals surface area contributed by atoms with Crippen molar-refractivity contribution in [1.29, 1.82) is 0 Å². The molecule has 10 heteroatoms. The van der Waals surface area contributed by atoms with Crippen LogP contribution in [0, 0.1) is 0 Å². The van der Waals surface area contributed by atoms with E-state index in [1.165, 1.54) is 6.20 Å². The summed E-state index contributed by atoms with van der Waals surface area (Å²) in [4.78, 5) is 35.2. The number of hydrogen-bond donors (Lipinski definition) is 2. The van der Waals surface area contributed by atoms with Crippen LogP contribution in [0.3, 0.4) is 0 Å². The van der Waals surface area contributed by atoms with Gasteiger partial charge in [-0.1, -0.05) is 0 Å². The summed E-state index contributed by atoms with van der Waals surface area (Å²) in [6, 6.07) is 7.07. The van der Waals surface area contributed by atoms with Crippen molar-refractivity contribution in [1.82, 2.24) is 20.2 Å². The third kappa shape index (κ3) is 5.27. The number of aromatic nitrogens is 4. The maximum Gasteiger partial charge on any atom is 0.425 e. The molecule has 0 aliphatic carbocycles. The van der Waals surface area contributed by atoms with Crippen molar-refractivity contribution < 1.29 is 19.1 Å². The van der Waals surface area contributed by atoms with Gasteiger partial charge in [0.25, 0.3) is 0 Å². The molecule has 3 rings (SSSR count). The summed E-state index contributed by atoms with van der Waals surface area (Å²) in [5.41, 5.74) is 5.78. The average molecular weight is 426 g/mol. The van der Waals surface area contributed by atoms with Gasteiger partial charge in [-0.3, -0.25) is 5.10 Å². The minimum atomic E-state index is -0.919. The summed E-state index contributed by atoms with van der Waals surface area (Å²) in [5, 5.41) is 7.22. The van der Waals surface area contributed by atoms with Crippen molar-refractivity contribution in [2.75, 3.05) is 10.6 Å². The lowest BCUT2D eigenvalue weighted by Gasteiger charge is -2.27. The number of amides is 2. The molecule has 0 fully saturated rings. The van der Waals surface area contributed by atoms with Crippen molar-refractivity contribution >= 4 is 34.7 Å². The lowest BCUT2D eigenvalue weighted by molar-refractivity contribution is 0.0429. The number of nitrogens with zero attached hydrogens (tertiary/aromatic N) is 4. The van der Waals surface area contributed by atoms with E-state index in [4.69, 9.17) is 15.2 Å². The molecule has 2 aromatic heterocycles. The van der Waals surface area contributed by atoms with Gasteiger partial charge in [-0.2, -0.15) is 10.00 Å². The summed E-state index contributed by atoms with van der Waals surface area (Å²) >= 11 is 0. The molecule has 0 radical (unpaired) electrons. The highest BCUT2D eigenvalue weighted by Gasteiger charge is 2.35. The number of H-pyrrole nitrogens is 1. The van der Waals surface area contributed by atoms with Crippen molar-refractivity contribution in [3.63, 3.8) is 0 Å². The van der Waals surface area contributed by atoms with E-state index >= 15 is 0 Å².